The Kier molecular flexibility index (Phi) is 22.8. The molecule has 1 atom stereocenters. The van der Waals surface area contributed by atoms with E-state index in [0.717, 1.165) is 19.4 Å². The maximum Gasteiger partial charge on any atom is 0.320 e. The highest BCUT2D eigenvalue weighted by atomic mass is 16.4. The zero-order valence-electron chi connectivity index (χ0n) is 15.3. The van der Waals surface area contributed by atoms with Crippen LogP contribution in [0.5, 0.6) is 0 Å². The van der Waals surface area contributed by atoms with E-state index in [1.165, 1.54) is 64.2 Å². The monoisotopic (exact) mass is 331 g/mol. The summed E-state index contributed by atoms with van der Waals surface area (Å²) in [7, 11) is 0. The average Bonchev–Trinajstić information content (AvgIpc) is 2.54. The van der Waals surface area contributed by atoms with E-state index in [9.17, 15) is 4.79 Å². The lowest BCUT2D eigenvalue weighted by Gasteiger charge is -2.03. The summed E-state index contributed by atoms with van der Waals surface area (Å²) < 4.78 is 0. The molecule has 0 aromatic rings. The van der Waals surface area contributed by atoms with Gasteiger partial charge in [0.25, 0.3) is 0 Å². The first kappa shape index (κ1) is 24.6. The van der Waals surface area contributed by atoms with Gasteiger partial charge in [0.05, 0.1) is 0 Å². The number of hydrogen-bond acceptors (Lipinski definition) is 4. The number of carbonyl (C=O) groups is 1. The second-order valence-corrected chi connectivity index (χ2v) is 6.20. The van der Waals surface area contributed by atoms with Crippen molar-refractivity contribution in [3.8, 4) is 0 Å². The highest BCUT2D eigenvalue weighted by molar-refractivity contribution is 5.72. The Morgan fingerprint density at radius 3 is 1.57 bits per heavy atom. The van der Waals surface area contributed by atoms with E-state index in [0.29, 0.717) is 13.0 Å². The zero-order valence-corrected chi connectivity index (χ0v) is 15.3. The minimum absolute atomic E-state index is 0.520. The highest BCUT2D eigenvalue weighted by Gasteiger charge is 2.09. The molecular formula is C18H41N3O2. The fourth-order valence-electron chi connectivity index (χ4n) is 2.26. The Morgan fingerprint density at radius 1 is 0.783 bits per heavy atom. The molecule has 0 aromatic heterocycles. The Balaban J connectivity index is 0. The molecule has 140 valence electrons. The van der Waals surface area contributed by atoms with Crippen LogP contribution in [0, 0.1) is 0 Å². The molecular weight excluding hydrogens is 290 g/mol. The molecule has 0 radical (unpaired) electrons. The predicted octanol–water partition coefficient (Wildman–Crippen LogP) is 3.39. The largest absolute Gasteiger partial charge is 0.480 e. The summed E-state index contributed by atoms with van der Waals surface area (Å²) in [6.07, 6.45) is 16.1. The molecule has 0 unspecified atom stereocenters. The summed E-state index contributed by atoms with van der Waals surface area (Å²) >= 11 is 0. The highest BCUT2D eigenvalue weighted by Crippen LogP contribution is 2.09. The zero-order chi connectivity index (χ0) is 17.8. The molecule has 0 saturated carbocycles. The average molecular weight is 332 g/mol. The molecule has 0 aromatic carbocycles. The van der Waals surface area contributed by atoms with E-state index in [-0.39, 0.29) is 0 Å². The van der Waals surface area contributed by atoms with Crippen molar-refractivity contribution < 1.29 is 9.90 Å². The van der Waals surface area contributed by atoms with Crippen LogP contribution in [-0.2, 0) is 4.79 Å². The molecule has 0 fully saturated rings. The van der Waals surface area contributed by atoms with Gasteiger partial charge in [-0.1, -0.05) is 71.1 Å². The standard InChI is InChI=1S/C12H27N.C6H14N2O2/c1-2-3-4-5-6-7-8-9-10-11-12-13;7-4-2-1-3-5(8)6(9)10/h2-13H2,1H3;5H,1-4,7-8H2,(H,9,10)/t;5-/m.0/s1. The van der Waals surface area contributed by atoms with Gasteiger partial charge in [-0.25, -0.2) is 0 Å². The van der Waals surface area contributed by atoms with Crippen LogP contribution < -0.4 is 17.2 Å². The molecule has 0 amide bonds. The minimum atomic E-state index is -0.933. The summed E-state index contributed by atoms with van der Waals surface area (Å²) in [6.45, 7) is 3.75. The molecule has 0 bridgehead atoms. The van der Waals surface area contributed by atoms with E-state index in [1.807, 2.05) is 0 Å². The van der Waals surface area contributed by atoms with Crippen molar-refractivity contribution in [1.29, 1.82) is 0 Å². The van der Waals surface area contributed by atoms with Gasteiger partial charge in [0.15, 0.2) is 0 Å². The van der Waals surface area contributed by atoms with Gasteiger partial charge in [0, 0.05) is 0 Å². The van der Waals surface area contributed by atoms with Gasteiger partial charge in [0.2, 0.25) is 0 Å². The SMILES string of the molecule is CCCCCCCCCCCCN.NCCCC[C@H](N)C(=O)O. The number of carboxylic acids is 1. The quantitative estimate of drug-likeness (QED) is 0.343. The number of carboxylic acid groups (broad SMARTS) is 1. The summed E-state index contributed by atoms with van der Waals surface area (Å²) in [4.78, 5) is 10.1. The summed E-state index contributed by atoms with van der Waals surface area (Å²) in [6, 6.07) is -0.716. The van der Waals surface area contributed by atoms with Crippen molar-refractivity contribution in [2.75, 3.05) is 13.1 Å². The molecule has 0 saturated heterocycles. The third-order valence-electron chi connectivity index (χ3n) is 3.84. The molecule has 0 aliphatic carbocycles. The smallest absolute Gasteiger partial charge is 0.320 e. The van der Waals surface area contributed by atoms with Crippen LogP contribution in [0.25, 0.3) is 0 Å². The lowest BCUT2D eigenvalue weighted by atomic mass is 10.1. The molecule has 7 N–H and O–H groups in total. The van der Waals surface area contributed by atoms with Gasteiger partial charge in [-0.2, -0.15) is 0 Å². The van der Waals surface area contributed by atoms with Gasteiger partial charge < -0.3 is 22.3 Å². The first-order valence-electron chi connectivity index (χ1n) is 9.48. The maximum absolute atomic E-state index is 10.1. The van der Waals surface area contributed by atoms with Gasteiger partial charge >= 0.3 is 5.97 Å². The van der Waals surface area contributed by atoms with Crippen molar-refractivity contribution in [3.63, 3.8) is 0 Å². The number of unbranched alkanes of at least 4 members (excludes halogenated alkanes) is 10. The van der Waals surface area contributed by atoms with Crippen molar-refractivity contribution >= 4 is 5.97 Å². The van der Waals surface area contributed by atoms with Gasteiger partial charge in [-0.3, -0.25) is 4.79 Å². The molecule has 0 aliphatic heterocycles. The van der Waals surface area contributed by atoms with Crippen molar-refractivity contribution in [1.82, 2.24) is 0 Å². The molecule has 0 heterocycles. The number of aliphatic carboxylic acids is 1. The first-order chi connectivity index (χ1) is 11.1. The maximum atomic E-state index is 10.1. The lowest BCUT2D eigenvalue weighted by molar-refractivity contribution is -0.138. The third-order valence-corrected chi connectivity index (χ3v) is 3.84. The van der Waals surface area contributed by atoms with Crippen molar-refractivity contribution in [2.24, 2.45) is 17.2 Å². The normalized spacial score (nSPS) is 11.7. The fraction of sp³-hybridized carbons (Fsp3) is 0.944. The Hall–Kier alpha value is -0.650. The van der Waals surface area contributed by atoms with E-state index in [2.05, 4.69) is 6.92 Å². The Morgan fingerprint density at radius 2 is 1.17 bits per heavy atom. The van der Waals surface area contributed by atoms with Gasteiger partial charge in [-0.05, 0) is 32.4 Å². The molecule has 0 rings (SSSR count). The topological polar surface area (TPSA) is 115 Å². The van der Waals surface area contributed by atoms with Crippen molar-refractivity contribution in [3.05, 3.63) is 0 Å². The summed E-state index contributed by atoms with van der Waals surface area (Å²) in [5.41, 5.74) is 15.8. The fourth-order valence-corrected chi connectivity index (χ4v) is 2.26. The molecule has 0 spiro atoms. The van der Waals surface area contributed by atoms with Crippen LogP contribution in [0.4, 0.5) is 0 Å². The van der Waals surface area contributed by atoms with Crippen LogP contribution in [0.1, 0.15) is 90.4 Å². The van der Waals surface area contributed by atoms with E-state index < -0.39 is 12.0 Å². The first-order valence-corrected chi connectivity index (χ1v) is 9.48. The van der Waals surface area contributed by atoms with Crippen LogP contribution in [0.3, 0.4) is 0 Å². The van der Waals surface area contributed by atoms with Crippen LogP contribution >= 0.6 is 0 Å². The van der Waals surface area contributed by atoms with E-state index >= 15 is 0 Å². The number of hydrogen-bond donors (Lipinski definition) is 4. The van der Waals surface area contributed by atoms with Crippen LogP contribution in [0.15, 0.2) is 0 Å². The summed E-state index contributed by atoms with van der Waals surface area (Å²) in [5, 5.41) is 8.33. The van der Waals surface area contributed by atoms with Crippen molar-refractivity contribution in [2.45, 2.75) is 96.4 Å². The van der Waals surface area contributed by atoms with E-state index in [4.69, 9.17) is 22.3 Å². The van der Waals surface area contributed by atoms with Gasteiger partial charge in [-0.15, -0.1) is 0 Å². The van der Waals surface area contributed by atoms with E-state index in [1.54, 1.807) is 0 Å². The molecule has 23 heavy (non-hydrogen) atoms. The molecule has 5 heteroatoms. The number of nitrogens with two attached hydrogens (primary N) is 3. The second-order valence-electron chi connectivity index (χ2n) is 6.20. The van der Waals surface area contributed by atoms with Crippen LogP contribution in [0.2, 0.25) is 0 Å². The number of rotatable bonds is 15. The third kappa shape index (κ3) is 23.7. The second kappa shape index (κ2) is 21.4. The molecule has 0 aliphatic rings. The Bertz CT molecular complexity index is 228. The van der Waals surface area contributed by atoms with Gasteiger partial charge in [0.1, 0.15) is 6.04 Å². The van der Waals surface area contributed by atoms with Crippen LogP contribution in [-0.4, -0.2) is 30.2 Å². The molecule has 5 nitrogen and oxygen atoms in total. The lowest BCUT2D eigenvalue weighted by Crippen LogP contribution is -2.29. The Labute approximate surface area is 143 Å². The minimum Gasteiger partial charge on any atom is -0.480 e. The summed E-state index contributed by atoms with van der Waals surface area (Å²) in [5.74, 6) is -0.933. The predicted molar refractivity (Wildman–Crippen MR) is 99.4 cm³/mol.